The fraction of sp³-hybridized carbons (Fsp3) is 0.375. The van der Waals surface area contributed by atoms with Gasteiger partial charge in [0.1, 0.15) is 17.3 Å². The molecule has 0 spiro atoms. The van der Waals surface area contributed by atoms with E-state index in [2.05, 4.69) is 4.90 Å². The summed E-state index contributed by atoms with van der Waals surface area (Å²) in [6.07, 6.45) is 2.05. The summed E-state index contributed by atoms with van der Waals surface area (Å²) in [4.78, 5) is 2.27. The Bertz CT molecular complexity index is 979. The Hall–Kier alpha value is -2.70. The lowest BCUT2D eigenvalue weighted by Gasteiger charge is -2.24. The van der Waals surface area contributed by atoms with Crippen LogP contribution in [0.4, 0.5) is 4.39 Å². The molecule has 0 saturated heterocycles. The number of rotatable bonds is 9. The van der Waals surface area contributed by atoms with Gasteiger partial charge in [0.05, 0.1) is 11.7 Å². The SMILES string of the molecule is C[C@@H](O)CN(Cc1c(-c2ccccc2)nn(C)c1Oc1cccc(F)c1)CC1CC1. The second-order valence-electron chi connectivity index (χ2n) is 8.17. The third-order valence-corrected chi connectivity index (χ3v) is 5.26. The molecule has 2 aromatic carbocycles. The van der Waals surface area contributed by atoms with Crippen molar-refractivity contribution in [3.8, 4) is 22.9 Å². The minimum atomic E-state index is -0.423. The summed E-state index contributed by atoms with van der Waals surface area (Å²) in [7, 11) is 1.84. The van der Waals surface area contributed by atoms with Crippen molar-refractivity contribution >= 4 is 0 Å². The van der Waals surface area contributed by atoms with Crippen molar-refractivity contribution in [1.82, 2.24) is 14.7 Å². The van der Waals surface area contributed by atoms with Crippen LogP contribution >= 0.6 is 0 Å². The maximum atomic E-state index is 13.7. The normalized spacial score (nSPS) is 14.8. The Balaban J connectivity index is 1.72. The van der Waals surface area contributed by atoms with E-state index in [4.69, 9.17) is 9.84 Å². The molecular formula is C24H28FN3O2. The first-order valence-corrected chi connectivity index (χ1v) is 10.4. The molecule has 1 fully saturated rings. The maximum absolute atomic E-state index is 13.7. The molecule has 4 rings (SSSR count). The van der Waals surface area contributed by atoms with Gasteiger partial charge in [-0.1, -0.05) is 36.4 Å². The molecule has 6 heteroatoms. The summed E-state index contributed by atoms with van der Waals surface area (Å²) >= 11 is 0. The van der Waals surface area contributed by atoms with Gasteiger partial charge in [-0.25, -0.2) is 9.07 Å². The van der Waals surface area contributed by atoms with E-state index in [1.807, 2.05) is 44.3 Å². The molecule has 158 valence electrons. The summed E-state index contributed by atoms with van der Waals surface area (Å²) in [6.45, 7) is 3.93. The predicted molar refractivity (Wildman–Crippen MR) is 115 cm³/mol. The Morgan fingerprint density at radius 2 is 1.97 bits per heavy atom. The fourth-order valence-corrected chi connectivity index (χ4v) is 3.76. The molecule has 1 heterocycles. The van der Waals surface area contributed by atoms with E-state index in [1.54, 1.807) is 16.8 Å². The molecule has 1 N–H and O–H groups in total. The third-order valence-electron chi connectivity index (χ3n) is 5.26. The van der Waals surface area contributed by atoms with Crippen molar-refractivity contribution in [3.05, 3.63) is 66.0 Å². The molecule has 3 aromatic rings. The number of benzene rings is 2. The minimum Gasteiger partial charge on any atom is -0.439 e. The number of ether oxygens (including phenoxy) is 1. The fourth-order valence-electron chi connectivity index (χ4n) is 3.76. The summed E-state index contributed by atoms with van der Waals surface area (Å²) < 4.78 is 21.5. The molecule has 5 nitrogen and oxygen atoms in total. The number of hydrogen-bond acceptors (Lipinski definition) is 4. The van der Waals surface area contributed by atoms with Gasteiger partial charge in [0.15, 0.2) is 0 Å². The Kier molecular flexibility index (Phi) is 6.16. The van der Waals surface area contributed by atoms with Crippen LogP contribution in [-0.2, 0) is 13.6 Å². The number of nitrogens with zero attached hydrogens (tertiary/aromatic N) is 3. The zero-order valence-electron chi connectivity index (χ0n) is 17.5. The molecule has 0 bridgehead atoms. The van der Waals surface area contributed by atoms with Gasteiger partial charge < -0.3 is 9.84 Å². The smallest absolute Gasteiger partial charge is 0.222 e. The summed E-state index contributed by atoms with van der Waals surface area (Å²) in [6, 6.07) is 16.1. The molecule has 1 atom stereocenters. The molecule has 0 radical (unpaired) electrons. The van der Waals surface area contributed by atoms with E-state index in [-0.39, 0.29) is 5.82 Å². The van der Waals surface area contributed by atoms with Gasteiger partial charge in [0.25, 0.3) is 0 Å². The molecule has 1 aliphatic rings. The first-order chi connectivity index (χ1) is 14.5. The van der Waals surface area contributed by atoms with E-state index in [1.165, 1.54) is 25.0 Å². The largest absolute Gasteiger partial charge is 0.439 e. The van der Waals surface area contributed by atoms with E-state index >= 15 is 0 Å². The zero-order valence-corrected chi connectivity index (χ0v) is 17.5. The number of aliphatic hydroxyl groups excluding tert-OH is 1. The van der Waals surface area contributed by atoms with Crippen molar-refractivity contribution in [2.24, 2.45) is 13.0 Å². The Morgan fingerprint density at radius 1 is 1.20 bits per heavy atom. The van der Waals surface area contributed by atoms with E-state index in [0.29, 0.717) is 30.6 Å². The average Bonchev–Trinajstić information content (AvgIpc) is 3.47. The van der Waals surface area contributed by atoms with Gasteiger partial charge in [-0.2, -0.15) is 5.10 Å². The highest BCUT2D eigenvalue weighted by Crippen LogP contribution is 2.36. The van der Waals surface area contributed by atoms with E-state index < -0.39 is 6.10 Å². The van der Waals surface area contributed by atoms with Crippen molar-refractivity contribution < 1.29 is 14.2 Å². The van der Waals surface area contributed by atoms with E-state index in [9.17, 15) is 9.50 Å². The molecule has 1 saturated carbocycles. The highest BCUT2D eigenvalue weighted by molar-refractivity contribution is 5.65. The quantitative estimate of drug-likeness (QED) is 0.561. The van der Waals surface area contributed by atoms with Crippen molar-refractivity contribution in [3.63, 3.8) is 0 Å². The number of aromatic nitrogens is 2. The molecule has 30 heavy (non-hydrogen) atoms. The van der Waals surface area contributed by atoms with Gasteiger partial charge in [-0.3, -0.25) is 4.90 Å². The van der Waals surface area contributed by atoms with Crippen LogP contribution in [0.2, 0.25) is 0 Å². The van der Waals surface area contributed by atoms with Crippen molar-refractivity contribution in [1.29, 1.82) is 0 Å². The summed E-state index contributed by atoms with van der Waals surface area (Å²) in [5, 5.41) is 14.8. The van der Waals surface area contributed by atoms with Gasteiger partial charge in [0, 0.05) is 38.3 Å². The van der Waals surface area contributed by atoms with Crippen LogP contribution in [0.25, 0.3) is 11.3 Å². The lowest BCUT2D eigenvalue weighted by atomic mass is 10.1. The molecule has 0 aliphatic heterocycles. The highest BCUT2D eigenvalue weighted by Gasteiger charge is 2.28. The van der Waals surface area contributed by atoms with Crippen LogP contribution in [0.15, 0.2) is 54.6 Å². The number of halogens is 1. The minimum absolute atomic E-state index is 0.344. The second-order valence-corrected chi connectivity index (χ2v) is 8.17. The number of hydrogen-bond donors (Lipinski definition) is 1. The van der Waals surface area contributed by atoms with E-state index in [0.717, 1.165) is 23.4 Å². The van der Waals surface area contributed by atoms with Crippen LogP contribution in [0.5, 0.6) is 11.6 Å². The monoisotopic (exact) mass is 409 g/mol. The maximum Gasteiger partial charge on any atom is 0.222 e. The average molecular weight is 410 g/mol. The number of aryl methyl sites for hydroxylation is 1. The molecule has 1 aliphatic carbocycles. The number of aliphatic hydroxyl groups is 1. The first kappa shape index (κ1) is 20.6. The Labute approximate surface area is 176 Å². The van der Waals surface area contributed by atoms with Gasteiger partial charge in [-0.05, 0) is 37.8 Å². The lowest BCUT2D eigenvalue weighted by Crippen LogP contribution is -2.32. The molecular weight excluding hydrogens is 381 g/mol. The Morgan fingerprint density at radius 3 is 2.63 bits per heavy atom. The lowest BCUT2D eigenvalue weighted by molar-refractivity contribution is 0.119. The van der Waals surface area contributed by atoms with Crippen LogP contribution in [0.3, 0.4) is 0 Å². The van der Waals surface area contributed by atoms with Crippen molar-refractivity contribution in [2.45, 2.75) is 32.4 Å². The highest BCUT2D eigenvalue weighted by atomic mass is 19.1. The van der Waals surface area contributed by atoms with Crippen LogP contribution in [0.1, 0.15) is 25.3 Å². The van der Waals surface area contributed by atoms with Crippen LogP contribution < -0.4 is 4.74 Å². The van der Waals surface area contributed by atoms with Crippen LogP contribution in [-0.4, -0.2) is 39.0 Å². The predicted octanol–water partition coefficient (Wildman–Crippen LogP) is 4.61. The van der Waals surface area contributed by atoms with Gasteiger partial charge in [0.2, 0.25) is 5.88 Å². The standard InChI is InChI=1S/C24H28FN3O2/c1-17(29)14-28(15-18-11-12-18)16-22-23(19-7-4-3-5-8-19)26-27(2)24(22)30-21-10-6-9-20(25)13-21/h3-10,13,17-18,29H,11-12,14-16H2,1-2H3/t17-/m1/s1. The molecule has 0 amide bonds. The van der Waals surface area contributed by atoms with Gasteiger partial charge >= 0.3 is 0 Å². The van der Waals surface area contributed by atoms with Crippen LogP contribution in [0, 0.1) is 11.7 Å². The van der Waals surface area contributed by atoms with Gasteiger partial charge in [-0.15, -0.1) is 0 Å². The topological polar surface area (TPSA) is 50.5 Å². The molecule has 1 aromatic heterocycles. The third kappa shape index (κ3) is 5.07. The second kappa shape index (κ2) is 8.98. The summed E-state index contributed by atoms with van der Waals surface area (Å²) in [5.41, 5.74) is 2.78. The molecule has 0 unspecified atom stereocenters. The van der Waals surface area contributed by atoms with Crippen molar-refractivity contribution in [2.75, 3.05) is 13.1 Å². The summed E-state index contributed by atoms with van der Waals surface area (Å²) in [5.74, 6) is 1.37. The zero-order chi connectivity index (χ0) is 21.1. The first-order valence-electron chi connectivity index (χ1n) is 10.4.